The zero-order valence-electron chi connectivity index (χ0n) is 20.1. The molecule has 3 fully saturated rings. The number of benzene rings is 3. The van der Waals surface area contributed by atoms with Crippen LogP contribution >= 0.6 is 0 Å². The van der Waals surface area contributed by atoms with E-state index in [4.69, 9.17) is 4.74 Å². The van der Waals surface area contributed by atoms with Gasteiger partial charge in [-0.1, -0.05) is 54.6 Å². The number of halogens is 3. The lowest BCUT2D eigenvalue weighted by Gasteiger charge is -2.56. The molecule has 3 saturated heterocycles. The van der Waals surface area contributed by atoms with Gasteiger partial charge in [-0.2, -0.15) is 0 Å². The zero-order chi connectivity index (χ0) is 24.6. The van der Waals surface area contributed by atoms with E-state index in [-0.39, 0.29) is 34.2 Å². The fraction of sp³-hybridized carbons (Fsp3) is 0.345. The van der Waals surface area contributed by atoms with Crippen molar-refractivity contribution < 1.29 is 44.9 Å². The average molecular weight is 558 g/mol. The Labute approximate surface area is 220 Å². The molecule has 4 nitrogen and oxygen atoms in total. The molecule has 7 heteroatoms. The standard InChI is InChI=1S/C29H30F2NO3.BrH/c1-20(22-5-3-2-4-6-22)32-17-15-21(16-18-32)19-27(32)35-28(33)29(34,23-7-11-25(30)12-8-23)24-9-13-26(31)14-10-24;/h2-14,20-21,27,34H,15-19H2,1H3;1H/q+1;/p-1/t20?,21?,27-,32?;/m1./s1. The summed E-state index contributed by atoms with van der Waals surface area (Å²) in [4.78, 5) is 13.8. The molecule has 3 aromatic carbocycles. The maximum atomic E-state index is 13.8. The first-order chi connectivity index (χ1) is 16.8. The molecule has 1 unspecified atom stereocenters. The number of fused-ring (bicyclic) bond motifs is 3. The predicted octanol–water partition coefficient (Wildman–Crippen LogP) is 2.47. The number of quaternary nitrogens is 1. The Morgan fingerprint density at radius 3 is 1.92 bits per heavy atom. The second-order valence-electron chi connectivity index (χ2n) is 9.90. The molecular formula is C29H30BrF2NO3. The minimum atomic E-state index is -2.20. The Morgan fingerprint density at radius 2 is 1.42 bits per heavy atom. The molecule has 0 aromatic heterocycles. The predicted molar refractivity (Wildman–Crippen MR) is 128 cm³/mol. The molecule has 2 bridgehead atoms. The summed E-state index contributed by atoms with van der Waals surface area (Å²) in [6, 6.07) is 20.6. The van der Waals surface area contributed by atoms with Crippen LogP contribution in [0.25, 0.3) is 0 Å². The van der Waals surface area contributed by atoms with E-state index < -0.39 is 29.4 Å². The van der Waals surface area contributed by atoms with Crippen molar-refractivity contribution in [1.29, 1.82) is 0 Å². The molecule has 3 heterocycles. The molecule has 3 aromatic rings. The van der Waals surface area contributed by atoms with Gasteiger partial charge in [-0.15, -0.1) is 0 Å². The van der Waals surface area contributed by atoms with Gasteiger partial charge in [0.15, 0.2) is 0 Å². The lowest BCUT2D eigenvalue weighted by Crippen LogP contribution is -3.00. The summed E-state index contributed by atoms with van der Waals surface area (Å²) < 4.78 is 34.1. The molecule has 6 rings (SSSR count). The number of nitrogens with zero attached hydrogens (tertiary/aromatic N) is 1. The van der Waals surface area contributed by atoms with Crippen LogP contribution in [0.4, 0.5) is 8.78 Å². The quantitative estimate of drug-likeness (QED) is 0.374. The van der Waals surface area contributed by atoms with Gasteiger partial charge < -0.3 is 26.8 Å². The van der Waals surface area contributed by atoms with Crippen molar-refractivity contribution in [2.45, 2.75) is 44.1 Å². The summed E-state index contributed by atoms with van der Waals surface area (Å²) >= 11 is 0. The van der Waals surface area contributed by atoms with Crippen molar-refractivity contribution in [1.82, 2.24) is 0 Å². The second kappa shape index (κ2) is 10.4. The van der Waals surface area contributed by atoms with Gasteiger partial charge in [0.2, 0.25) is 11.8 Å². The molecule has 36 heavy (non-hydrogen) atoms. The summed E-state index contributed by atoms with van der Waals surface area (Å²) in [7, 11) is 0. The minimum absolute atomic E-state index is 0. The Kier molecular flexibility index (Phi) is 7.64. The first kappa shape index (κ1) is 26.5. The van der Waals surface area contributed by atoms with Crippen LogP contribution in [0, 0.1) is 17.6 Å². The van der Waals surface area contributed by atoms with Gasteiger partial charge in [-0.25, -0.2) is 13.6 Å². The minimum Gasteiger partial charge on any atom is -1.00 e. The molecule has 3 aliphatic heterocycles. The third-order valence-electron chi connectivity index (χ3n) is 8.13. The van der Waals surface area contributed by atoms with Crippen LogP contribution in [0.2, 0.25) is 0 Å². The highest BCUT2D eigenvalue weighted by Crippen LogP contribution is 2.46. The molecule has 0 aliphatic carbocycles. The number of hydrogen-bond acceptors (Lipinski definition) is 3. The first-order valence-electron chi connectivity index (χ1n) is 12.2. The summed E-state index contributed by atoms with van der Waals surface area (Å²) in [5.74, 6) is -1.33. The van der Waals surface area contributed by atoms with Gasteiger partial charge in [-0.05, 0) is 48.2 Å². The molecule has 1 N–H and O–H groups in total. The summed E-state index contributed by atoms with van der Waals surface area (Å²) in [6.45, 7) is 3.96. The number of esters is 1. The summed E-state index contributed by atoms with van der Waals surface area (Å²) in [5, 5.41) is 11.8. The van der Waals surface area contributed by atoms with Crippen LogP contribution in [0.15, 0.2) is 78.9 Å². The Morgan fingerprint density at radius 1 is 0.917 bits per heavy atom. The zero-order valence-corrected chi connectivity index (χ0v) is 21.7. The maximum absolute atomic E-state index is 13.8. The number of hydrogen-bond donors (Lipinski definition) is 1. The van der Waals surface area contributed by atoms with Gasteiger partial charge in [0, 0.05) is 24.8 Å². The summed E-state index contributed by atoms with van der Waals surface area (Å²) in [6.07, 6.45) is 2.46. The molecule has 190 valence electrons. The van der Waals surface area contributed by atoms with Crippen molar-refractivity contribution in [3.8, 4) is 0 Å². The van der Waals surface area contributed by atoms with Crippen molar-refractivity contribution in [3.63, 3.8) is 0 Å². The van der Waals surface area contributed by atoms with E-state index in [2.05, 4.69) is 19.1 Å². The number of piperidine rings is 3. The molecule has 3 aliphatic rings. The lowest BCUT2D eigenvalue weighted by atomic mass is 9.81. The van der Waals surface area contributed by atoms with Crippen molar-refractivity contribution in [2.24, 2.45) is 5.92 Å². The fourth-order valence-corrected chi connectivity index (χ4v) is 5.93. The Balaban J connectivity index is 0.00000304. The van der Waals surface area contributed by atoms with Crippen LogP contribution in [-0.2, 0) is 15.1 Å². The van der Waals surface area contributed by atoms with Crippen molar-refractivity contribution >= 4 is 5.97 Å². The first-order valence-corrected chi connectivity index (χ1v) is 12.2. The SMILES string of the molecule is CC(c1ccccc1)[N+]12CCC(CC1)C[C@H]2OC(=O)C(O)(c1ccc(F)cc1)c1ccc(F)cc1.[Br-]. The van der Waals surface area contributed by atoms with E-state index in [0.29, 0.717) is 10.4 Å². The third-order valence-corrected chi connectivity index (χ3v) is 8.13. The fourth-order valence-electron chi connectivity index (χ4n) is 5.93. The average Bonchev–Trinajstić information content (AvgIpc) is 2.90. The van der Waals surface area contributed by atoms with Crippen LogP contribution in [0.3, 0.4) is 0 Å². The van der Waals surface area contributed by atoms with E-state index in [0.717, 1.165) is 32.4 Å². The highest BCUT2D eigenvalue weighted by molar-refractivity contribution is 5.85. The smallest absolute Gasteiger partial charge is 0.352 e. The Hall–Kier alpha value is -2.61. The van der Waals surface area contributed by atoms with Crippen LogP contribution in [0.5, 0.6) is 0 Å². The summed E-state index contributed by atoms with van der Waals surface area (Å²) in [5.41, 5.74) is -0.663. The van der Waals surface area contributed by atoms with E-state index >= 15 is 0 Å². The van der Waals surface area contributed by atoms with Gasteiger partial charge >= 0.3 is 5.97 Å². The highest BCUT2D eigenvalue weighted by atomic mass is 79.9. The molecule has 0 saturated carbocycles. The van der Waals surface area contributed by atoms with E-state index in [1.54, 1.807) is 0 Å². The maximum Gasteiger partial charge on any atom is 0.352 e. The monoisotopic (exact) mass is 557 g/mol. The van der Waals surface area contributed by atoms with Gasteiger partial charge in [0.05, 0.1) is 13.1 Å². The molecule has 0 spiro atoms. The van der Waals surface area contributed by atoms with E-state index in [1.165, 1.54) is 54.1 Å². The second-order valence-corrected chi connectivity index (χ2v) is 9.90. The number of aliphatic hydroxyl groups is 1. The van der Waals surface area contributed by atoms with Crippen LogP contribution < -0.4 is 17.0 Å². The third kappa shape index (κ3) is 4.60. The normalized spacial score (nSPS) is 24.0. The lowest BCUT2D eigenvalue weighted by molar-refractivity contribution is -1.01. The Bertz CT molecular complexity index is 1130. The number of rotatable bonds is 6. The van der Waals surface area contributed by atoms with Crippen LogP contribution in [-0.4, -0.2) is 34.9 Å². The number of carbonyl (C=O) groups excluding carboxylic acids is 1. The van der Waals surface area contributed by atoms with Crippen molar-refractivity contribution in [2.75, 3.05) is 13.1 Å². The highest BCUT2D eigenvalue weighted by Gasteiger charge is 2.54. The molecule has 2 atom stereocenters. The number of carbonyl (C=O) groups is 1. The van der Waals surface area contributed by atoms with E-state index in [1.807, 2.05) is 18.2 Å². The topological polar surface area (TPSA) is 46.5 Å². The van der Waals surface area contributed by atoms with Crippen molar-refractivity contribution in [3.05, 3.63) is 107 Å². The van der Waals surface area contributed by atoms with Gasteiger partial charge in [0.1, 0.15) is 17.7 Å². The molecule has 0 radical (unpaired) electrons. The molecular weight excluding hydrogens is 528 g/mol. The van der Waals surface area contributed by atoms with Crippen LogP contribution in [0.1, 0.15) is 48.9 Å². The number of ether oxygens (including phenoxy) is 1. The molecule has 0 amide bonds. The van der Waals surface area contributed by atoms with Gasteiger partial charge in [-0.3, -0.25) is 4.48 Å². The van der Waals surface area contributed by atoms with Gasteiger partial charge in [0.25, 0.3) is 0 Å². The largest absolute Gasteiger partial charge is 1.00 e. The van der Waals surface area contributed by atoms with E-state index in [9.17, 15) is 18.7 Å².